The van der Waals surface area contributed by atoms with E-state index in [1.54, 1.807) is 12.1 Å². The number of amides is 2. The molecule has 1 spiro atoms. The lowest BCUT2D eigenvalue weighted by molar-refractivity contribution is -0.225. The molecule has 3 rings (SSSR count). The summed E-state index contributed by atoms with van der Waals surface area (Å²) < 4.78 is 19.3. The lowest BCUT2D eigenvalue weighted by atomic mass is 9.99. The molecule has 55 heavy (non-hydrogen) atoms. The third-order valence-electron chi connectivity index (χ3n) is 9.94. The first-order chi connectivity index (χ1) is 26.4. The monoisotopic (exact) mass is 1030 g/mol. The van der Waals surface area contributed by atoms with Gasteiger partial charge < -0.3 is 39.9 Å². The van der Waals surface area contributed by atoms with Crippen LogP contribution in [0.4, 0.5) is 0 Å². The Labute approximate surface area is 360 Å². The molecule has 2 aliphatic rings. The van der Waals surface area contributed by atoms with Crippen LogP contribution in [0.1, 0.15) is 135 Å². The van der Waals surface area contributed by atoms with Crippen molar-refractivity contribution in [2.45, 2.75) is 141 Å². The molecule has 2 aliphatic heterocycles. The van der Waals surface area contributed by atoms with Crippen LogP contribution in [-0.2, 0) is 23.9 Å². The molecule has 0 radical (unpaired) electrons. The van der Waals surface area contributed by atoms with E-state index in [1.165, 1.54) is 84.0 Å². The molecular formula is C40H59Br4N3O8. The summed E-state index contributed by atoms with van der Waals surface area (Å²) in [5, 5.41) is 31.1. The Morgan fingerprint density at radius 3 is 2.15 bits per heavy atom. The lowest BCUT2D eigenvalue weighted by Crippen LogP contribution is -2.49. The molecule has 2 unspecified atom stereocenters. The minimum absolute atomic E-state index is 0.0462. The predicted molar refractivity (Wildman–Crippen MR) is 230 cm³/mol. The van der Waals surface area contributed by atoms with Gasteiger partial charge in [0, 0.05) is 24.0 Å². The maximum atomic E-state index is 12.8. The molecule has 0 fully saturated rings. The summed E-state index contributed by atoms with van der Waals surface area (Å²) in [6, 6.07) is 3.52. The summed E-state index contributed by atoms with van der Waals surface area (Å²) in [6.45, 7) is 5.26. The number of hydrogen-bond acceptors (Lipinski definition) is 9. The number of halogens is 4. The molecule has 0 saturated heterocycles. The molecule has 2 amide bonds. The maximum absolute atomic E-state index is 12.8. The average molecular weight is 1030 g/mol. The molecule has 1 aromatic rings. The van der Waals surface area contributed by atoms with Crippen molar-refractivity contribution in [1.29, 1.82) is 0 Å². The molecule has 11 nitrogen and oxygen atoms in total. The molecule has 4 N–H and O–H groups in total. The van der Waals surface area contributed by atoms with Gasteiger partial charge in [0.15, 0.2) is 11.8 Å². The number of nitrogens with one attached hydrogen (secondary N) is 2. The standard InChI is InChI=1S/C40H59Br4N3O8/c1-4-27(2)18-15-13-11-9-7-5-6-8-10-12-14-16-19-34(49)46-25-33(48)28-22-29(41)37(30(42)23-28)53-21-17-20-45-39(51)35-38(50)40(55-47-35)24-31(43)36(52-3)32(44)26-54-40/h22-23,26-27,33,38,48,50H,4-21,24-25H2,1-3H3,(H,45,51)(H,46,49)/t27?,33?,38-,40-/m0/s1. The van der Waals surface area contributed by atoms with Gasteiger partial charge in [-0.1, -0.05) is 118 Å². The first-order valence-corrected chi connectivity index (χ1v) is 22.8. The first-order valence-electron chi connectivity index (χ1n) is 19.7. The second-order valence-electron chi connectivity index (χ2n) is 14.4. The lowest BCUT2D eigenvalue weighted by Gasteiger charge is -2.27. The van der Waals surface area contributed by atoms with Gasteiger partial charge in [0.1, 0.15) is 17.8 Å². The van der Waals surface area contributed by atoms with E-state index in [-0.39, 0.29) is 37.7 Å². The van der Waals surface area contributed by atoms with Crippen molar-refractivity contribution in [3.8, 4) is 5.75 Å². The summed E-state index contributed by atoms with van der Waals surface area (Å²) in [5.41, 5.74) is 0.417. The fourth-order valence-electron chi connectivity index (χ4n) is 6.31. The minimum Gasteiger partial charge on any atom is -0.495 e. The second-order valence-corrected chi connectivity index (χ2v) is 17.9. The Bertz CT molecular complexity index is 1450. The van der Waals surface area contributed by atoms with Crippen molar-refractivity contribution in [2.24, 2.45) is 11.1 Å². The molecule has 310 valence electrons. The number of aliphatic hydroxyl groups is 2. The van der Waals surface area contributed by atoms with Crippen molar-refractivity contribution in [2.75, 3.05) is 26.8 Å². The molecular weight excluding hydrogens is 970 g/mol. The number of hydrogen-bond donors (Lipinski definition) is 4. The number of ether oxygens (including phenoxy) is 3. The van der Waals surface area contributed by atoms with E-state index in [0.29, 0.717) is 47.8 Å². The number of methoxy groups -OCH3 is 1. The molecule has 2 heterocycles. The van der Waals surface area contributed by atoms with Crippen molar-refractivity contribution in [1.82, 2.24) is 10.6 Å². The minimum atomic E-state index is -1.62. The number of nitrogens with zero attached hydrogens (tertiary/aromatic N) is 1. The summed E-state index contributed by atoms with van der Waals surface area (Å²) in [6.07, 6.45) is 17.7. The van der Waals surface area contributed by atoms with Crippen molar-refractivity contribution >= 4 is 81.2 Å². The smallest absolute Gasteiger partial charge is 0.311 e. The van der Waals surface area contributed by atoms with Crippen LogP contribution in [0.5, 0.6) is 5.75 Å². The number of oxime groups is 1. The van der Waals surface area contributed by atoms with Gasteiger partial charge in [0.05, 0.1) is 39.7 Å². The summed E-state index contributed by atoms with van der Waals surface area (Å²) in [7, 11) is 1.50. The predicted octanol–water partition coefficient (Wildman–Crippen LogP) is 10.1. The van der Waals surface area contributed by atoms with E-state index in [4.69, 9.17) is 19.0 Å². The third-order valence-corrected chi connectivity index (χ3v) is 12.3. The number of rotatable bonds is 26. The van der Waals surface area contributed by atoms with Gasteiger partial charge in [-0.3, -0.25) is 9.59 Å². The molecule has 0 saturated carbocycles. The topological polar surface area (TPSA) is 148 Å². The van der Waals surface area contributed by atoms with Crippen LogP contribution in [0.15, 0.2) is 47.2 Å². The number of unbranched alkanes of at least 4 members (excludes halogenated alkanes) is 11. The van der Waals surface area contributed by atoms with Crippen molar-refractivity contribution < 1.29 is 38.9 Å². The molecule has 4 atom stereocenters. The van der Waals surface area contributed by atoms with Gasteiger partial charge in [-0.05, 0) is 84.2 Å². The van der Waals surface area contributed by atoms with Crippen molar-refractivity contribution in [3.63, 3.8) is 0 Å². The number of benzene rings is 1. The number of allylic oxidation sites excluding steroid dienone is 1. The van der Waals surface area contributed by atoms with Gasteiger partial charge in [-0.25, -0.2) is 0 Å². The van der Waals surface area contributed by atoms with Gasteiger partial charge in [0.2, 0.25) is 5.91 Å². The van der Waals surface area contributed by atoms with Crippen LogP contribution >= 0.6 is 63.7 Å². The number of carbonyl (C=O) groups is 2. The Morgan fingerprint density at radius 1 is 0.945 bits per heavy atom. The third kappa shape index (κ3) is 15.9. The zero-order valence-electron chi connectivity index (χ0n) is 32.4. The van der Waals surface area contributed by atoms with E-state index in [2.05, 4.69) is 93.4 Å². The van der Waals surface area contributed by atoms with E-state index < -0.39 is 23.9 Å². The Hall–Kier alpha value is -1.65. The van der Waals surface area contributed by atoms with E-state index in [0.717, 1.165) is 25.2 Å². The maximum Gasteiger partial charge on any atom is 0.311 e. The fourth-order valence-corrected chi connectivity index (χ4v) is 9.29. The fraction of sp³-hybridized carbons (Fsp3) is 0.675. The van der Waals surface area contributed by atoms with Crippen molar-refractivity contribution in [3.05, 3.63) is 47.6 Å². The highest BCUT2D eigenvalue weighted by Crippen LogP contribution is 2.41. The largest absolute Gasteiger partial charge is 0.495 e. The SMILES string of the molecule is CCC(C)CCCCCCCCCCCCCCC(=O)NCC(O)c1cc(Br)c(OCCCNC(=O)C2=NO[C@@]3(CC(Br)=C(OC)C(Br)=CO3)[C@H]2O)c(Br)c1. The van der Waals surface area contributed by atoms with E-state index in [1.807, 2.05) is 0 Å². The highest BCUT2D eigenvalue weighted by molar-refractivity contribution is 9.12. The van der Waals surface area contributed by atoms with Gasteiger partial charge in [-0.2, -0.15) is 0 Å². The summed E-state index contributed by atoms with van der Waals surface area (Å²) in [5.74, 6) is -0.383. The second kappa shape index (κ2) is 25.7. The number of carbonyl (C=O) groups excluding carboxylic acids is 2. The van der Waals surface area contributed by atoms with Crippen LogP contribution in [0.2, 0.25) is 0 Å². The van der Waals surface area contributed by atoms with Crippen LogP contribution in [0.3, 0.4) is 0 Å². The highest BCUT2D eigenvalue weighted by atomic mass is 79.9. The van der Waals surface area contributed by atoms with E-state index >= 15 is 0 Å². The Morgan fingerprint density at radius 2 is 1.55 bits per heavy atom. The first kappa shape index (κ1) is 47.7. The van der Waals surface area contributed by atoms with Crippen LogP contribution in [0.25, 0.3) is 0 Å². The van der Waals surface area contributed by atoms with Gasteiger partial charge in [0.25, 0.3) is 5.91 Å². The van der Waals surface area contributed by atoms with E-state index in [9.17, 15) is 19.8 Å². The molecule has 15 heteroatoms. The molecule has 0 aliphatic carbocycles. The van der Waals surface area contributed by atoms with Crippen LogP contribution in [-0.4, -0.2) is 66.4 Å². The Kier molecular flexibility index (Phi) is 22.3. The molecule has 0 bridgehead atoms. The zero-order chi connectivity index (χ0) is 40.2. The van der Waals surface area contributed by atoms with Gasteiger partial charge in [-0.15, -0.1) is 0 Å². The van der Waals surface area contributed by atoms with Crippen LogP contribution < -0.4 is 15.4 Å². The Balaban J connectivity index is 1.26. The number of aliphatic hydroxyl groups excluding tert-OH is 2. The van der Waals surface area contributed by atoms with Crippen LogP contribution in [0, 0.1) is 5.92 Å². The van der Waals surface area contributed by atoms with Gasteiger partial charge >= 0.3 is 5.79 Å². The summed E-state index contributed by atoms with van der Waals surface area (Å²) in [4.78, 5) is 30.7. The molecule has 0 aromatic heterocycles. The quantitative estimate of drug-likeness (QED) is 0.0671. The summed E-state index contributed by atoms with van der Waals surface area (Å²) >= 11 is 13.8. The normalized spacial score (nSPS) is 19.2. The zero-order valence-corrected chi connectivity index (χ0v) is 38.8. The highest BCUT2D eigenvalue weighted by Gasteiger charge is 2.54. The molecule has 1 aromatic carbocycles. The average Bonchev–Trinajstić information content (AvgIpc) is 3.41.